The van der Waals surface area contributed by atoms with Crippen LogP contribution in [0.1, 0.15) is 45.6 Å². The van der Waals surface area contributed by atoms with Crippen LogP contribution in [-0.4, -0.2) is 11.4 Å². The Kier molecular flexibility index (Phi) is 2.96. The smallest absolute Gasteiger partial charge is 0.228 e. The Hall–Kier alpha value is -1.38. The summed E-state index contributed by atoms with van der Waals surface area (Å²) in [7, 11) is 0. The van der Waals surface area contributed by atoms with Crippen molar-refractivity contribution in [2.24, 2.45) is 5.41 Å². The Morgan fingerprint density at radius 3 is 2.44 bits per heavy atom. The lowest BCUT2D eigenvalue weighted by molar-refractivity contribution is -0.130. The Morgan fingerprint density at radius 1 is 1.22 bits per heavy atom. The van der Waals surface area contributed by atoms with Crippen LogP contribution in [0.4, 0.5) is 4.39 Å². The highest BCUT2D eigenvalue weighted by molar-refractivity contribution is 5.85. The van der Waals surface area contributed by atoms with Gasteiger partial charge in [-0.25, -0.2) is 4.39 Å². The van der Waals surface area contributed by atoms with Gasteiger partial charge in [0, 0.05) is 11.1 Å². The molecule has 1 N–H and O–H groups in total. The number of hydrogen-bond acceptors (Lipinski definition) is 1. The van der Waals surface area contributed by atoms with Crippen molar-refractivity contribution in [2.45, 2.75) is 45.6 Å². The third-order valence-electron chi connectivity index (χ3n) is 4.44. The van der Waals surface area contributed by atoms with Gasteiger partial charge in [0.15, 0.2) is 0 Å². The summed E-state index contributed by atoms with van der Waals surface area (Å²) in [6.07, 6.45) is 0.659. The summed E-state index contributed by atoms with van der Waals surface area (Å²) >= 11 is 0. The second-order valence-corrected chi connectivity index (χ2v) is 6.28. The molecule has 2 rings (SSSR count). The summed E-state index contributed by atoms with van der Waals surface area (Å²) < 4.78 is 13.8. The van der Waals surface area contributed by atoms with E-state index in [0.29, 0.717) is 12.0 Å². The molecule has 3 heteroatoms. The van der Waals surface area contributed by atoms with Gasteiger partial charge in [-0.15, -0.1) is 0 Å². The molecule has 0 aromatic heterocycles. The van der Waals surface area contributed by atoms with Gasteiger partial charge in [-0.05, 0) is 31.7 Å². The fraction of sp³-hybridized carbons (Fsp3) is 0.533. The minimum Gasteiger partial charge on any atom is -0.350 e. The van der Waals surface area contributed by atoms with Gasteiger partial charge in [-0.1, -0.05) is 32.0 Å². The van der Waals surface area contributed by atoms with Crippen molar-refractivity contribution in [1.29, 1.82) is 0 Å². The maximum absolute atomic E-state index is 13.8. The predicted molar refractivity (Wildman–Crippen MR) is 69.8 cm³/mol. The molecule has 1 aliphatic rings. The maximum Gasteiger partial charge on any atom is 0.228 e. The van der Waals surface area contributed by atoms with Gasteiger partial charge in [0.2, 0.25) is 5.91 Å². The van der Waals surface area contributed by atoms with Crippen LogP contribution in [0.15, 0.2) is 24.3 Å². The van der Waals surface area contributed by atoms with E-state index >= 15 is 0 Å². The van der Waals surface area contributed by atoms with Crippen LogP contribution >= 0.6 is 0 Å². The molecular formula is C15H20FNO. The van der Waals surface area contributed by atoms with E-state index in [1.807, 2.05) is 13.8 Å². The fourth-order valence-electron chi connectivity index (χ4n) is 2.43. The molecule has 1 aliphatic heterocycles. The average Bonchev–Trinajstić information content (AvgIpc) is 2.24. The van der Waals surface area contributed by atoms with Crippen molar-refractivity contribution in [1.82, 2.24) is 5.32 Å². The largest absolute Gasteiger partial charge is 0.350 e. The van der Waals surface area contributed by atoms with Crippen LogP contribution in [0.3, 0.4) is 0 Å². The quantitative estimate of drug-likeness (QED) is 0.813. The SMILES string of the molecule is CC1(C)CC(c2ccccc2F)C(=O)NC1(C)C. The van der Waals surface area contributed by atoms with Gasteiger partial charge in [-0.3, -0.25) is 4.79 Å². The summed E-state index contributed by atoms with van der Waals surface area (Å²) in [6, 6.07) is 6.54. The maximum atomic E-state index is 13.8. The molecule has 98 valence electrons. The van der Waals surface area contributed by atoms with Crippen LogP contribution in [0.5, 0.6) is 0 Å². The standard InChI is InChI=1S/C15H20FNO/c1-14(2)9-11(13(18)17-15(14,3)4)10-7-5-6-8-12(10)16/h5-8,11H,9H2,1-4H3,(H,17,18). The molecule has 0 saturated carbocycles. The van der Waals surface area contributed by atoms with Crippen LogP contribution in [0, 0.1) is 11.2 Å². The summed E-state index contributed by atoms with van der Waals surface area (Å²) in [5.41, 5.74) is 0.151. The molecule has 1 heterocycles. The van der Waals surface area contributed by atoms with Gasteiger partial charge in [0.25, 0.3) is 0 Å². The van der Waals surface area contributed by atoms with E-state index < -0.39 is 5.92 Å². The number of amides is 1. The molecule has 1 saturated heterocycles. The van der Waals surface area contributed by atoms with Crippen molar-refractivity contribution in [3.63, 3.8) is 0 Å². The Morgan fingerprint density at radius 2 is 1.83 bits per heavy atom. The molecule has 1 amide bonds. The second-order valence-electron chi connectivity index (χ2n) is 6.28. The van der Waals surface area contributed by atoms with Crippen molar-refractivity contribution >= 4 is 5.91 Å². The Bertz CT molecular complexity index is 479. The molecule has 1 atom stereocenters. The van der Waals surface area contributed by atoms with Crippen molar-refractivity contribution in [2.75, 3.05) is 0 Å². The molecule has 1 unspecified atom stereocenters. The first-order chi connectivity index (χ1) is 8.24. The lowest BCUT2D eigenvalue weighted by atomic mass is 9.65. The first-order valence-corrected chi connectivity index (χ1v) is 6.31. The molecule has 1 fully saturated rings. The van der Waals surface area contributed by atoms with Crippen LogP contribution in [0.2, 0.25) is 0 Å². The number of hydrogen-bond donors (Lipinski definition) is 1. The zero-order chi connectivity index (χ0) is 13.6. The minimum atomic E-state index is -0.394. The molecule has 18 heavy (non-hydrogen) atoms. The highest BCUT2D eigenvalue weighted by atomic mass is 19.1. The minimum absolute atomic E-state index is 0.0755. The van der Waals surface area contributed by atoms with Crippen LogP contribution in [-0.2, 0) is 4.79 Å². The van der Waals surface area contributed by atoms with E-state index in [-0.39, 0.29) is 22.7 Å². The Balaban J connectivity index is 2.37. The van der Waals surface area contributed by atoms with Crippen molar-refractivity contribution < 1.29 is 9.18 Å². The second kappa shape index (κ2) is 4.08. The van der Waals surface area contributed by atoms with Gasteiger partial charge in [0.05, 0.1) is 5.92 Å². The number of nitrogens with one attached hydrogen (secondary N) is 1. The summed E-state index contributed by atoms with van der Waals surface area (Å²) in [5.74, 6) is -0.771. The van der Waals surface area contributed by atoms with Gasteiger partial charge < -0.3 is 5.32 Å². The van der Waals surface area contributed by atoms with E-state index in [2.05, 4.69) is 19.2 Å². The first kappa shape index (κ1) is 13.1. The third kappa shape index (κ3) is 2.02. The summed E-state index contributed by atoms with van der Waals surface area (Å²) in [5, 5.41) is 3.02. The molecule has 1 aromatic carbocycles. The normalized spacial score (nSPS) is 25.6. The van der Waals surface area contributed by atoms with Crippen molar-refractivity contribution in [3.05, 3.63) is 35.6 Å². The van der Waals surface area contributed by atoms with E-state index in [1.165, 1.54) is 6.07 Å². The lowest BCUT2D eigenvalue weighted by Crippen LogP contribution is -2.59. The molecule has 0 aliphatic carbocycles. The third-order valence-corrected chi connectivity index (χ3v) is 4.44. The number of carbonyl (C=O) groups is 1. The summed E-state index contributed by atoms with van der Waals surface area (Å²) in [6.45, 7) is 8.26. The van der Waals surface area contributed by atoms with Gasteiger partial charge in [-0.2, -0.15) is 0 Å². The molecule has 0 radical (unpaired) electrons. The first-order valence-electron chi connectivity index (χ1n) is 6.31. The highest BCUT2D eigenvalue weighted by Gasteiger charge is 2.47. The lowest BCUT2D eigenvalue weighted by Gasteiger charge is -2.48. The molecule has 0 spiro atoms. The monoisotopic (exact) mass is 249 g/mol. The van der Waals surface area contributed by atoms with Crippen molar-refractivity contribution in [3.8, 4) is 0 Å². The number of carbonyl (C=O) groups excluding carboxylic acids is 1. The van der Waals surface area contributed by atoms with Crippen LogP contribution in [0.25, 0.3) is 0 Å². The number of piperidine rings is 1. The Labute approximate surface area is 108 Å². The number of rotatable bonds is 1. The van der Waals surface area contributed by atoms with Gasteiger partial charge >= 0.3 is 0 Å². The molecule has 1 aromatic rings. The highest BCUT2D eigenvalue weighted by Crippen LogP contribution is 2.44. The predicted octanol–water partition coefficient (Wildman–Crippen LogP) is 3.23. The topological polar surface area (TPSA) is 29.1 Å². The summed E-state index contributed by atoms with van der Waals surface area (Å²) in [4.78, 5) is 12.2. The molecule has 2 nitrogen and oxygen atoms in total. The number of benzene rings is 1. The zero-order valence-corrected chi connectivity index (χ0v) is 11.4. The van der Waals surface area contributed by atoms with E-state index in [9.17, 15) is 9.18 Å². The zero-order valence-electron chi connectivity index (χ0n) is 11.4. The van der Waals surface area contributed by atoms with E-state index in [4.69, 9.17) is 0 Å². The van der Waals surface area contributed by atoms with Crippen LogP contribution < -0.4 is 5.32 Å². The number of halogens is 1. The fourth-order valence-corrected chi connectivity index (χ4v) is 2.43. The van der Waals surface area contributed by atoms with E-state index in [0.717, 1.165) is 0 Å². The average molecular weight is 249 g/mol. The van der Waals surface area contributed by atoms with E-state index in [1.54, 1.807) is 18.2 Å². The molecule has 0 bridgehead atoms. The molecular weight excluding hydrogens is 229 g/mol. The van der Waals surface area contributed by atoms with Gasteiger partial charge in [0.1, 0.15) is 5.82 Å².